The first-order valence-electron chi connectivity index (χ1n) is 6.15. The van der Waals surface area contributed by atoms with Crippen molar-refractivity contribution in [1.82, 2.24) is 9.62 Å². The molecule has 3 rings (SSSR count). The van der Waals surface area contributed by atoms with Crippen LogP contribution in [0.25, 0.3) is 0 Å². The fourth-order valence-electron chi connectivity index (χ4n) is 2.09. The molecule has 0 radical (unpaired) electrons. The highest BCUT2D eigenvalue weighted by Crippen LogP contribution is 2.31. The lowest BCUT2D eigenvalue weighted by atomic mass is 10.2. The molecule has 1 saturated carbocycles. The van der Waals surface area contributed by atoms with Gasteiger partial charge in [0.25, 0.3) is 15.9 Å². The van der Waals surface area contributed by atoms with Crippen LogP contribution in [0.4, 0.5) is 5.69 Å². The summed E-state index contributed by atoms with van der Waals surface area (Å²) in [6, 6.07) is 4.13. The number of carbonyl (C=O) groups is 2. The first-order valence-corrected chi connectivity index (χ1v) is 7.59. The van der Waals surface area contributed by atoms with Crippen LogP contribution < -0.4 is 11.1 Å². The zero-order valence-electron chi connectivity index (χ0n) is 10.5. The van der Waals surface area contributed by atoms with E-state index in [4.69, 9.17) is 5.73 Å². The van der Waals surface area contributed by atoms with E-state index in [9.17, 15) is 18.0 Å². The van der Waals surface area contributed by atoms with Gasteiger partial charge in [-0.2, -0.15) is 0 Å². The van der Waals surface area contributed by atoms with Crippen molar-refractivity contribution < 1.29 is 18.0 Å². The first-order chi connectivity index (χ1) is 9.39. The van der Waals surface area contributed by atoms with Crippen LogP contribution >= 0.6 is 0 Å². The standard InChI is InChI=1S/C12H13N3O4S/c13-7-1-4-10-9(5-7)12(17)15(20(10,18)19)6-11(16)14-8-2-3-8/h1,4-5,8H,2-3,6,13H2,(H,14,16). The van der Waals surface area contributed by atoms with Crippen molar-refractivity contribution in [3.05, 3.63) is 23.8 Å². The highest BCUT2D eigenvalue weighted by molar-refractivity contribution is 7.90. The number of amides is 2. The van der Waals surface area contributed by atoms with E-state index in [0.29, 0.717) is 9.99 Å². The molecule has 0 unspecified atom stereocenters. The maximum absolute atomic E-state index is 12.2. The maximum atomic E-state index is 12.2. The summed E-state index contributed by atoms with van der Waals surface area (Å²) < 4.78 is 25.0. The number of rotatable bonds is 3. The molecule has 3 N–H and O–H groups in total. The third-order valence-corrected chi connectivity index (χ3v) is 5.05. The van der Waals surface area contributed by atoms with Gasteiger partial charge in [-0.3, -0.25) is 9.59 Å². The first kappa shape index (κ1) is 12.9. The minimum atomic E-state index is -3.96. The van der Waals surface area contributed by atoms with Crippen LogP contribution in [0, 0.1) is 0 Å². The number of carbonyl (C=O) groups excluding carboxylic acids is 2. The number of hydrogen-bond donors (Lipinski definition) is 2. The lowest BCUT2D eigenvalue weighted by molar-refractivity contribution is -0.121. The van der Waals surface area contributed by atoms with Gasteiger partial charge in [-0.15, -0.1) is 0 Å². The molecule has 7 nitrogen and oxygen atoms in total. The lowest BCUT2D eigenvalue weighted by Crippen LogP contribution is -2.41. The van der Waals surface area contributed by atoms with Crippen molar-refractivity contribution in [2.45, 2.75) is 23.8 Å². The molecule has 1 aromatic rings. The number of nitrogens with one attached hydrogen (secondary N) is 1. The summed E-state index contributed by atoms with van der Waals surface area (Å²) in [6.07, 6.45) is 1.78. The van der Waals surface area contributed by atoms with Gasteiger partial charge in [0.2, 0.25) is 5.91 Å². The minimum Gasteiger partial charge on any atom is -0.399 e. The Balaban J connectivity index is 1.90. The number of hydrogen-bond acceptors (Lipinski definition) is 5. The lowest BCUT2D eigenvalue weighted by Gasteiger charge is -2.14. The van der Waals surface area contributed by atoms with Crippen molar-refractivity contribution in [1.29, 1.82) is 0 Å². The Morgan fingerprint density at radius 3 is 2.75 bits per heavy atom. The molecule has 1 aliphatic heterocycles. The largest absolute Gasteiger partial charge is 0.399 e. The second kappa shape index (κ2) is 4.20. The number of nitrogen functional groups attached to an aromatic ring is 1. The Morgan fingerprint density at radius 2 is 2.10 bits per heavy atom. The van der Waals surface area contributed by atoms with Crippen molar-refractivity contribution in [3.8, 4) is 0 Å². The van der Waals surface area contributed by atoms with Crippen LogP contribution in [-0.2, 0) is 14.8 Å². The summed E-state index contributed by atoms with van der Waals surface area (Å²) in [7, 11) is -3.96. The van der Waals surface area contributed by atoms with Gasteiger partial charge in [0.15, 0.2) is 0 Å². The third kappa shape index (κ3) is 2.01. The predicted octanol–water partition coefficient (Wildman–Crippen LogP) is -0.308. The molecular weight excluding hydrogens is 282 g/mol. The van der Waals surface area contributed by atoms with E-state index >= 15 is 0 Å². The fraction of sp³-hybridized carbons (Fsp3) is 0.333. The smallest absolute Gasteiger partial charge is 0.269 e. The average molecular weight is 295 g/mol. The molecule has 2 amide bonds. The molecule has 0 spiro atoms. The van der Waals surface area contributed by atoms with Crippen LogP contribution in [0.2, 0.25) is 0 Å². The van der Waals surface area contributed by atoms with Gasteiger partial charge in [-0.25, -0.2) is 12.7 Å². The van der Waals surface area contributed by atoms with Gasteiger partial charge in [0.05, 0.1) is 5.56 Å². The summed E-state index contributed by atoms with van der Waals surface area (Å²) in [6.45, 7) is -0.494. The molecule has 106 valence electrons. The molecule has 1 fully saturated rings. The molecule has 1 aromatic carbocycles. The average Bonchev–Trinajstić information content (AvgIpc) is 3.15. The van der Waals surface area contributed by atoms with Crippen LogP contribution in [-0.4, -0.2) is 37.1 Å². The number of nitrogens with zero attached hydrogens (tertiary/aromatic N) is 1. The van der Waals surface area contributed by atoms with Crippen LogP contribution in [0.5, 0.6) is 0 Å². The summed E-state index contributed by atoms with van der Waals surface area (Å²) >= 11 is 0. The van der Waals surface area contributed by atoms with E-state index in [-0.39, 0.29) is 16.5 Å². The van der Waals surface area contributed by atoms with E-state index in [2.05, 4.69) is 5.32 Å². The van der Waals surface area contributed by atoms with E-state index in [0.717, 1.165) is 12.8 Å². The number of fused-ring (bicyclic) bond motifs is 1. The van der Waals surface area contributed by atoms with E-state index in [1.54, 1.807) is 0 Å². The molecule has 1 heterocycles. The normalized spacial score (nSPS) is 19.8. The second-order valence-corrected chi connectivity index (χ2v) is 6.74. The molecule has 0 atom stereocenters. The summed E-state index contributed by atoms with van der Waals surface area (Å²) in [4.78, 5) is 23.7. The highest BCUT2D eigenvalue weighted by Gasteiger charge is 2.42. The maximum Gasteiger partial charge on any atom is 0.269 e. The Kier molecular flexibility index (Phi) is 2.72. The zero-order chi connectivity index (χ0) is 14.5. The van der Waals surface area contributed by atoms with Crippen LogP contribution in [0.3, 0.4) is 0 Å². The summed E-state index contributed by atoms with van der Waals surface area (Å²) in [5, 5.41) is 2.66. The van der Waals surface area contributed by atoms with E-state index in [1.165, 1.54) is 18.2 Å². The Bertz CT molecular complexity index is 709. The SMILES string of the molecule is Nc1ccc2c(c1)C(=O)N(CC(=O)NC1CC1)S2(=O)=O. The third-order valence-electron chi connectivity index (χ3n) is 3.26. The van der Waals surface area contributed by atoms with Crippen molar-refractivity contribution in [2.24, 2.45) is 0 Å². The van der Waals surface area contributed by atoms with E-state index < -0.39 is 28.4 Å². The molecule has 8 heteroatoms. The van der Waals surface area contributed by atoms with Gasteiger partial charge in [-0.1, -0.05) is 0 Å². The van der Waals surface area contributed by atoms with Crippen LogP contribution in [0.15, 0.2) is 23.1 Å². The number of anilines is 1. The highest BCUT2D eigenvalue weighted by atomic mass is 32.2. The fourth-order valence-corrected chi connectivity index (χ4v) is 3.60. The van der Waals surface area contributed by atoms with Gasteiger partial charge in [0.1, 0.15) is 11.4 Å². The molecule has 0 aromatic heterocycles. The molecular formula is C12H13N3O4S. The van der Waals surface area contributed by atoms with Crippen LogP contribution in [0.1, 0.15) is 23.2 Å². The van der Waals surface area contributed by atoms with Gasteiger partial charge in [0, 0.05) is 11.7 Å². The van der Waals surface area contributed by atoms with Crippen molar-refractivity contribution in [3.63, 3.8) is 0 Å². The van der Waals surface area contributed by atoms with Gasteiger partial charge in [-0.05, 0) is 31.0 Å². The Hall–Kier alpha value is -2.09. The number of benzene rings is 1. The summed E-state index contributed by atoms with van der Waals surface area (Å²) in [5.41, 5.74) is 5.88. The number of nitrogens with two attached hydrogens (primary N) is 1. The van der Waals surface area contributed by atoms with Gasteiger partial charge < -0.3 is 11.1 Å². The zero-order valence-corrected chi connectivity index (χ0v) is 11.3. The Labute approximate surface area is 115 Å². The minimum absolute atomic E-state index is 0.0178. The van der Waals surface area contributed by atoms with Gasteiger partial charge >= 0.3 is 0 Å². The molecule has 1 aliphatic carbocycles. The predicted molar refractivity (Wildman–Crippen MR) is 70.2 cm³/mol. The van der Waals surface area contributed by atoms with Crippen molar-refractivity contribution in [2.75, 3.05) is 12.3 Å². The monoisotopic (exact) mass is 295 g/mol. The molecule has 20 heavy (non-hydrogen) atoms. The number of sulfonamides is 1. The van der Waals surface area contributed by atoms with Crippen molar-refractivity contribution >= 4 is 27.5 Å². The summed E-state index contributed by atoms with van der Waals surface area (Å²) in [5.74, 6) is -1.18. The molecule has 0 bridgehead atoms. The molecule has 2 aliphatic rings. The quantitative estimate of drug-likeness (QED) is 0.743. The Morgan fingerprint density at radius 1 is 1.40 bits per heavy atom. The second-order valence-electron chi connectivity index (χ2n) is 4.91. The topological polar surface area (TPSA) is 110 Å². The van der Waals surface area contributed by atoms with E-state index in [1.807, 2.05) is 0 Å². The molecule has 0 saturated heterocycles.